The molecule has 1 amide bonds. The lowest BCUT2D eigenvalue weighted by molar-refractivity contribution is -0.119. The summed E-state index contributed by atoms with van der Waals surface area (Å²) in [6, 6.07) is 12.8. The van der Waals surface area contributed by atoms with Crippen LogP contribution in [0.1, 0.15) is 22.5 Å². The van der Waals surface area contributed by atoms with E-state index in [4.69, 9.17) is 0 Å². The number of carbonyl (C=O) groups is 2. The van der Waals surface area contributed by atoms with Crippen molar-refractivity contribution >= 4 is 28.9 Å². The SMILES string of the molecule is O=C1CNCc2[nH]c(-c3ccnc(NC(=O)C4CC4(F)F)c3)c(Nc3ccccc3)c21. The molecule has 7 nitrogen and oxygen atoms in total. The molecule has 1 fully saturated rings. The molecule has 1 aliphatic carbocycles. The van der Waals surface area contributed by atoms with Crippen LogP contribution in [0.5, 0.6) is 0 Å². The molecule has 0 bridgehead atoms. The first-order valence-corrected chi connectivity index (χ1v) is 9.88. The fourth-order valence-corrected chi connectivity index (χ4v) is 3.75. The topological polar surface area (TPSA) is 98.9 Å². The third kappa shape index (κ3) is 3.68. The smallest absolute Gasteiger partial charge is 0.260 e. The van der Waals surface area contributed by atoms with E-state index >= 15 is 0 Å². The standard InChI is InChI=1S/C22H19F2N5O2/c23-22(24)9-14(22)21(31)29-17-8-12(6-7-26-17)19-20(27-13-4-2-1-3-5-13)18-15(28-19)10-25-11-16(18)30/h1-8,14,25,27-28H,9-11H2,(H,26,29,31). The van der Waals surface area contributed by atoms with E-state index in [0.29, 0.717) is 29.1 Å². The van der Waals surface area contributed by atoms with Crippen LogP contribution in [0, 0.1) is 5.92 Å². The maximum absolute atomic E-state index is 13.2. The van der Waals surface area contributed by atoms with E-state index in [2.05, 4.69) is 25.9 Å². The van der Waals surface area contributed by atoms with E-state index in [0.717, 1.165) is 11.4 Å². The van der Waals surface area contributed by atoms with Gasteiger partial charge in [0.05, 0.1) is 23.5 Å². The van der Waals surface area contributed by atoms with E-state index in [1.165, 1.54) is 6.20 Å². The monoisotopic (exact) mass is 423 g/mol. The van der Waals surface area contributed by atoms with E-state index in [-0.39, 0.29) is 18.1 Å². The van der Waals surface area contributed by atoms with Crippen molar-refractivity contribution in [2.75, 3.05) is 17.2 Å². The largest absolute Gasteiger partial charge is 0.355 e. The Hall–Kier alpha value is -3.59. The van der Waals surface area contributed by atoms with Crippen molar-refractivity contribution in [1.29, 1.82) is 0 Å². The highest BCUT2D eigenvalue weighted by atomic mass is 19.3. The molecule has 1 saturated carbocycles. The predicted octanol–water partition coefficient (Wildman–Crippen LogP) is 3.70. The average molecular weight is 423 g/mol. The first-order chi connectivity index (χ1) is 14.9. The highest BCUT2D eigenvalue weighted by Crippen LogP contribution is 2.49. The average Bonchev–Trinajstić information content (AvgIpc) is 3.24. The van der Waals surface area contributed by atoms with Crippen LogP contribution in [-0.4, -0.2) is 34.1 Å². The number of fused-ring (bicyclic) bond motifs is 1. The minimum Gasteiger partial charge on any atom is -0.355 e. The number of halogens is 2. The molecule has 2 aromatic heterocycles. The molecule has 9 heteroatoms. The second kappa shape index (κ2) is 7.28. The van der Waals surface area contributed by atoms with E-state index in [9.17, 15) is 18.4 Å². The number of pyridine rings is 1. The van der Waals surface area contributed by atoms with Crippen molar-refractivity contribution in [3.63, 3.8) is 0 Å². The molecule has 3 aromatic rings. The van der Waals surface area contributed by atoms with Gasteiger partial charge in [0.1, 0.15) is 11.7 Å². The summed E-state index contributed by atoms with van der Waals surface area (Å²) in [6.07, 6.45) is 1.05. The van der Waals surface area contributed by atoms with Crippen LogP contribution in [0.4, 0.5) is 26.0 Å². The molecule has 0 saturated heterocycles. The highest BCUT2D eigenvalue weighted by molar-refractivity contribution is 6.08. The number of hydrogen-bond donors (Lipinski definition) is 4. The van der Waals surface area contributed by atoms with Crippen LogP contribution >= 0.6 is 0 Å². The van der Waals surface area contributed by atoms with Crippen LogP contribution < -0.4 is 16.0 Å². The Kier molecular flexibility index (Phi) is 4.55. The van der Waals surface area contributed by atoms with Crippen LogP contribution in [0.25, 0.3) is 11.3 Å². The summed E-state index contributed by atoms with van der Waals surface area (Å²) >= 11 is 0. The van der Waals surface area contributed by atoms with Crippen LogP contribution in [0.2, 0.25) is 0 Å². The van der Waals surface area contributed by atoms with Gasteiger partial charge in [0, 0.05) is 36.1 Å². The number of anilines is 3. The first kappa shape index (κ1) is 19.4. The van der Waals surface area contributed by atoms with Crippen LogP contribution in [-0.2, 0) is 11.3 Å². The van der Waals surface area contributed by atoms with Crippen molar-refractivity contribution in [2.24, 2.45) is 5.92 Å². The molecule has 4 N–H and O–H groups in total. The fourth-order valence-electron chi connectivity index (χ4n) is 3.75. The normalized spacial score (nSPS) is 18.9. The maximum atomic E-state index is 13.2. The highest BCUT2D eigenvalue weighted by Gasteiger charge is 2.61. The Labute approximate surface area is 176 Å². The van der Waals surface area contributed by atoms with Gasteiger partial charge in [0.15, 0.2) is 5.78 Å². The molecule has 31 heavy (non-hydrogen) atoms. The van der Waals surface area contributed by atoms with Gasteiger partial charge in [-0.25, -0.2) is 13.8 Å². The number of aromatic amines is 1. The lowest BCUT2D eigenvalue weighted by Gasteiger charge is -2.14. The number of carbonyl (C=O) groups excluding carboxylic acids is 2. The fraction of sp³-hybridized carbons (Fsp3) is 0.227. The van der Waals surface area contributed by atoms with Gasteiger partial charge in [0.25, 0.3) is 5.92 Å². The number of amides is 1. The number of para-hydroxylation sites is 1. The van der Waals surface area contributed by atoms with E-state index < -0.39 is 24.2 Å². The van der Waals surface area contributed by atoms with Gasteiger partial charge in [-0.1, -0.05) is 18.2 Å². The number of hydrogen-bond acceptors (Lipinski definition) is 5. The first-order valence-electron chi connectivity index (χ1n) is 9.88. The Bertz CT molecular complexity index is 1180. The predicted molar refractivity (Wildman–Crippen MR) is 111 cm³/mol. The Morgan fingerprint density at radius 3 is 2.68 bits per heavy atom. The van der Waals surface area contributed by atoms with Crippen LogP contribution in [0.3, 0.4) is 0 Å². The summed E-state index contributed by atoms with van der Waals surface area (Å²) in [5, 5.41) is 8.85. The number of alkyl halides is 2. The minimum absolute atomic E-state index is 0.0410. The number of rotatable bonds is 5. The number of Topliss-reactive ketones (excluding diaryl/α,β-unsaturated/α-hetero) is 1. The van der Waals surface area contributed by atoms with Crippen LogP contribution in [0.15, 0.2) is 48.7 Å². The minimum atomic E-state index is -2.94. The molecular formula is C22H19F2N5O2. The maximum Gasteiger partial charge on any atom is 0.260 e. The summed E-state index contributed by atoms with van der Waals surface area (Å²) in [4.78, 5) is 32.1. The molecule has 3 heterocycles. The summed E-state index contributed by atoms with van der Waals surface area (Å²) in [5.74, 6) is -4.87. The molecule has 2 aliphatic rings. The summed E-state index contributed by atoms with van der Waals surface area (Å²) in [6.45, 7) is 0.747. The van der Waals surface area contributed by atoms with Crippen molar-refractivity contribution < 1.29 is 18.4 Å². The molecule has 5 rings (SSSR count). The zero-order chi connectivity index (χ0) is 21.6. The quantitative estimate of drug-likeness (QED) is 0.502. The van der Waals surface area contributed by atoms with Gasteiger partial charge in [-0.2, -0.15) is 0 Å². The Morgan fingerprint density at radius 2 is 1.94 bits per heavy atom. The van der Waals surface area contributed by atoms with E-state index in [1.54, 1.807) is 12.1 Å². The lowest BCUT2D eigenvalue weighted by atomic mass is 10.0. The zero-order valence-electron chi connectivity index (χ0n) is 16.3. The number of benzene rings is 1. The third-order valence-electron chi connectivity index (χ3n) is 5.43. The molecule has 1 aliphatic heterocycles. The molecule has 1 unspecified atom stereocenters. The summed E-state index contributed by atoms with van der Waals surface area (Å²) in [5.41, 5.74) is 4.09. The molecular weight excluding hydrogens is 404 g/mol. The van der Waals surface area contributed by atoms with Gasteiger partial charge < -0.3 is 20.9 Å². The zero-order valence-corrected chi connectivity index (χ0v) is 16.3. The molecule has 1 aromatic carbocycles. The lowest BCUT2D eigenvalue weighted by Crippen LogP contribution is -2.29. The molecule has 0 spiro atoms. The van der Waals surface area contributed by atoms with Crippen molar-refractivity contribution in [3.8, 4) is 11.3 Å². The van der Waals surface area contributed by atoms with Gasteiger partial charge >= 0.3 is 0 Å². The van der Waals surface area contributed by atoms with Crippen molar-refractivity contribution in [1.82, 2.24) is 15.3 Å². The Morgan fingerprint density at radius 1 is 1.16 bits per heavy atom. The molecule has 1 atom stereocenters. The molecule has 158 valence electrons. The van der Waals surface area contributed by atoms with Gasteiger partial charge in [0.2, 0.25) is 5.91 Å². The van der Waals surface area contributed by atoms with Crippen molar-refractivity contribution in [2.45, 2.75) is 18.9 Å². The number of aromatic nitrogens is 2. The second-order valence-corrected chi connectivity index (χ2v) is 7.68. The van der Waals surface area contributed by atoms with Crippen molar-refractivity contribution in [3.05, 3.63) is 59.9 Å². The number of nitrogens with zero attached hydrogens (tertiary/aromatic N) is 1. The summed E-state index contributed by atoms with van der Waals surface area (Å²) < 4.78 is 26.4. The third-order valence-corrected chi connectivity index (χ3v) is 5.43. The van der Waals surface area contributed by atoms with E-state index in [1.807, 2.05) is 30.3 Å². The summed E-state index contributed by atoms with van der Waals surface area (Å²) in [7, 11) is 0. The van der Waals surface area contributed by atoms with Gasteiger partial charge in [-0.05, 0) is 24.3 Å². The number of H-pyrrole nitrogens is 1. The second-order valence-electron chi connectivity index (χ2n) is 7.68. The Balaban J connectivity index is 1.51. The number of ketones is 1. The van der Waals surface area contributed by atoms with Gasteiger partial charge in [-0.15, -0.1) is 0 Å². The molecule has 0 radical (unpaired) electrons. The number of nitrogens with one attached hydrogen (secondary N) is 4. The van der Waals surface area contributed by atoms with Gasteiger partial charge in [-0.3, -0.25) is 9.59 Å².